The van der Waals surface area contributed by atoms with Crippen molar-refractivity contribution in [2.45, 2.75) is 77.0 Å². The van der Waals surface area contributed by atoms with Crippen LogP contribution in [0.5, 0.6) is 0 Å². The van der Waals surface area contributed by atoms with Crippen LogP contribution in [0, 0.1) is 0 Å². The van der Waals surface area contributed by atoms with Crippen LogP contribution in [0.2, 0.25) is 0 Å². The monoisotopic (exact) mass is 254 g/mol. The number of allylic oxidation sites excluding steroid dienone is 2. The van der Waals surface area contributed by atoms with Gasteiger partial charge < -0.3 is 9.78 Å². The molecule has 0 aliphatic carbocycles. The third-order valence-corrected chi connectivity index (χ3v) is 3.65. The molecule has 0 atom stereocenters. The van der Waals surface area contributed by atoms with Crippen molar-refractivity contribution in [3.63, 3.8) is 0 Å². The van der Waals surface area contributed by atoms with E-state index in [9.17, 15) is 5.26 Å². The quantitative estimate of drug-likeness (QED) is 0.363. The Bertz CT molecular complexity index is 201. The Morgan fingerprint density at radius 1 is 0.556 bits per heavy atom. The zero-order valence-electron chi connectivity index (χ0n) is 11.9. The largest absolute Gasteiger partial charge is 0.534 e. The second-order valence-corrected chi connectivity index (χ2v) is 5.43. The molecular weight excluding hydrogens is 224 g/mol. The molecule has 0 saturated carbocycles. The Morgan fingerprint density at radius 3 is 1.44 bits per heavy atom. The van der Waals surface area contributed by atoms with Gasteiger partial charge in [-0.1, -0.05) is 37.8 Å². The predicted molar refractivity (Wildman–Crippen MR) is 75.4 cm³/mol. The van der Waals surface area contributed by atoms with E-state index >= 15 is 0 Å². The van der Waals surface area contributed by atoms with Crippen molar-refractivity contribution in [1.82, 2.24) is 0 Å². The highest BCUT2D eigenvalue weighted by molar-refractivity contribution is 4.81. The molecule has 0 fully saturated rings. The maximum absolute atomic E-state index is 11.5. The van der Waals surface area contributed by atoms with Crippen LogP contribution in [0.15, 0.2) is 12.2 Å². The third-order valence-electron chi connectivity index (χ3n) is 3.65. The van der Waals surface area contributed by atoms with Gasteiger partial charge in [-0.05, 0) is 38.5 Å². The summed E-state index contributed by atoms with van der Waals surface area (Å²) < 4.78 is 2.05. The summed E-state index contributed by atoms with van der Waals surface area (Å²) in [6.45, 7) is 1.33. The molecule has 0 aromatic carbocycles. The molecule has 0 aromatic heterocycles. The highest BCUT2D eigenvalue weighted by Gasteiger charge is 2.00. The second-order valence-electron chi connectivity index (χ2n) is 5.43. The highest BCUT2D eigenvalue weighted by atomic mass is 17.2. The number of hydrogen-bond acceptors (Lipinski definition) is 1. The van der Waals surface area contributed by atoms with E-state index < -0.39 is 0 Å². The van der Waals surface area contributed by atoms with Crippen molar-refractivity contribution in [2.24, 2.45) is 0 Å². The van der Waals surface area contributed by atoms with E-state index in [2.05, 4.69) is 16.7 Å². The first-order valence-corrected chi connectivity index (χ1v) is 7.89. The summed E-state index contributed by atoms with van der Waals surface area (Å²) >= 11 is 0. The van der Waals surface area contributed by atoms with E-state index in [1.807, 2.05) is 0 Å². The van der Waals surface area contributed by atoms with Crippen molar-refractivity contribution >= 4 is 0 Å². The first-order valence-electron chi connectivity index (χ1n) is 7.89. The molecule has 1 aliphatic heterocycles. The Hall–Kier alpha value is -0.340. The minimum Gasteiger partial charge on any atom is -0.534 e. The lowest BCUT2D eigenvalue weighted by Gasteiger charge is -2.20. The van der Waals surface area contributed by atoms with Gasteiger partial charge in [0.25, 0.3) is 0 Å². The number of hydrogen-bond donors (Lipinski definition) is 0. The van der Waals surface area contributed by atoms with Gasteiger partial charge in [0.1, 0.15) is 0 Å². The summed E-state index contributed by atoms with van der Waals surface area (Å²) in [6.07, 6.45) is 19.5. The topological polar surface area (TPSA) is 25.8 Å². The van der Waals surface area contributed by atoms with Gasteiger partial charge >= 0.3 is 0 Å². The first-order chi connectivity index (χ1) is 8.89. The molecule has 2 nitrogen and oxygen atoms in total. The lowest BCUT2D eigenvalue weighted by Crippen LogP contribution is -2.28. The minimum absolute atomic E-state index is 0.663. The van der Waals surface area contributed by atoms with E-state index in [4.69, 9.17) is 0 Å². The van der Waals surface area contributed by atoms with Gasteiger partial charge in [-0.2, -0.15) is 0 Å². The van der Waals surface area contributed by atoms with Crippen LogP contribution >= 0.6 is 0 Å². The Labute approximate surface area is 113 Å². The van der Waals surface area contributed by atoms with Gasteiger partial charge in [0.05, 0.1) is 0 Å². The molecule has 0 unspecified atom stereocenters. The van der Waals surface area contributed by atoms with E-state index in [1.165, 1.54) is 64.2 Å². The first kappa shape index (κ1) is 15.7. The highest BCUT2D eigenvalue weighted by Crippen LogP contribution is 2.10. The molecule has 0 amide bonds. The molecule has 0 spiro atoms. The molecule has 2 heteroatoms. The lowest BCUT2D eigenvalue weighted by atomic mass is 10.1. The van der Waals surface area contributed by atoms with Gasteiger partial charge in [0, 0.05) is 12.8 Å². The summed E-state index contributed by atoms with van der Waals surface area (Å²) in [5.41, 5.74) is 0. The fraction of sp³-hybridized carbons (Fsp3) is 0.875. The summed E-state index contributed by atoms with van der Waals surface area (Å²) in [6, 6.07) is 0. The van der Waals surface area contributed by atoms with Crippen LogP contribution < -0.4 is 5.26 Å². The Kier molecular flexibility index (Phi) is 10.2. The van der Waals surface area contributed by atoms with Crippen molar-refractivity contribution in [3.8, 4) is 0 Å². The average molecular weight is 254 g/mol. The Morgan fingerprint density at radius 2 is 0.944 bits per heavy atom. The van der Waals surface area contributed by atoms with Gasteiger partial charge in [0.15, 0.2) is 13.2 Å². The van der Waals surface area contributed by atoms with Crippen LogP contribution in [0.25, 0.3) is 0 Å². The summed E-state index contributed by atoms with van der Waals surface area (Å²) in [5, 5.41) is 11.5. The van der Waals surface area contributed by atoms with Crippen LogP contribution in [-0.4, -0.2) is 13.2 Å². The van der Waals surface area contributed by atoms with Crippen molar-refractivity contribution in [3.05, 3.63) is 12.2 Å². The Balaban J connectivity index is 2.15. The maximum atomic E-state index is 11.5. The van der Waals surface area contributed by atoms with E-state index in [1.54, 1.807) is 0 Å². The maximum Gasteiger partial charge on any atom is 0.151 e. The zero-order chi connectivity index (χ0) is 12.9. The van der Waals surface area contributed by atoms with Gasteiger partial charge in [0.2, 0.25) is 0 Å². The lowest BCUT2D eigenvalue weighted by molar-refractivity contribution is -0.795. The molecule has 0 aromatic rings. The fourth-order valence-electron chi connectivity index (χ4n) is 2.45. The van der Waals surface area contributed by atoms with E-state index in [-0.39, 0.29) is 0 Å². The molecule has 0 bridgehead atoms. The molecule has 106 valence electrons. The second kappa shape index (κ2) is 11.7. The predicted octanol–water partition coefficient (Wildman–Crippen LogP) is 4.07. The minimum atomic E-state index is 0.663. The normalized spacial score (nSPS) is 25.4. The molecule has 1 rings (SSSR count). The van der Waals surface area contributed by atoms with Crippen LogP contribution in [0.1, 0.15) is 77.0 Å². The molecule has 18 heavy (non-hydrogen) atoms. The number of rotatable bonds is 0. The SMILES string of the molecule is [O-][O+]1CCCCCC/C=C/CCCCCCCC1. The van der Waals surface area contributed by atoms with Crippen molar-refractivity contribution < 1.29 is 9.78 Å². The molecule has 0 radical (unpaired) electrons. The van der Waals surface area contributed by atoms with Crippen LogP contribution in [0.3, 0.4) is 0 Å². The zero-order valence-corrected chi connectivity index (χ0v) is 11.9. The molecule has 1 aliphatic rings. The standard InChI is InChI=1S/C16H30O2/c17-18-15-13-11-9-7-5-3-1-2-4-6-8-10-12-14-16-18/h1,3H,2,4-16H2/b3-1+. The van der Waals surface area contributed by atoms with Gasteiger partial charge in [-0.3, -0.25) is 0 Å². The summed E-state index contributed by atoms with van der Waals surface area (Å²) in [7, 11) is 0. The smallest absolute Gasteiger partial charge is 0.151 e. The summed E-state index contributed by atoms with van der Waals surface area (Å²) in [4.78, 5) is 0. The third kappa shape index (κ3) is 9.67. The summed E-state index contributed by atoms with van der Waals surface area (Å²) in [5.74, 6) is 0. The van der Waals surface area contributed by atoms with Gasteiger partial charge in [-0.25, -0.2) is 0 Å². The fourth-order valence-corrected chi connectivity index (χ4v) is 2.45. The molecule has 0 N–H and O–H groups in total. The molecular formula is C16H30O2. The van der Waals surface area contributed by atoms with Gasteiger partial charge in [-0.15, -0.1) is 0 Å². The molecule has 1 heterocycles. The van der Waals surface area contributed by atoms with E-state index in [0.717, 1.165) is 12.8 Å². The molecule has 0 saturated heterocycles. The average Bonchev–Trinajstić information content (AvgIpc) is 2.37. The van der Waals surface area contributed by atoms with E-state index in [0.29, 0.717) is 13.2 Å². The van der Waals surface area contributed by atoms with Crippen molar-refractivity contribution in [1.29, 1.82) is 0 Å². The van der Waals surface area contributed by atoms with Crippen molar-refractivity contribution in [2.75, 3.05) is 13.2 Å². The van der Waals surface area contributed by atoms with Crippen LogP contribution in [0.4, 0.5) is 0 Å². The van der Waals surface area contributed by atoms with Crippen LogP contribution in [-0.2, 0) is 4.52 Å².